The predicted octanol–water partition coefficient (Wildman–Crippen LogP) is 1.91. The van der Waals surface area contributed by atoms with E-state index in [0.29, 0.717) is 26.1 Å². The molecule has 2 fully saturated rings. The van der Waals surface area contributed by atoms with Gasteiger partial charge in [0, 0.05) is 38.0 Å². The molecule has 2 amide bonds. The molecule has 0 spiro atoms. The van der Waals surface area contributed by atoms with Gasteiger partial charge in [-0.3, -0.25) is 9.59 Å². The van der Waals surface area contributed by atoms with Gasteiger partial charge in [-0.1, -0.05) is 6.07 Å². The Labute approximate surface area is 134 Å². The smallest absolute Gasteiger partial charge is 0.228 e. The van der Waals surface area contributed by atoms with Gasteiger partial charge in [-0.25, -0.2) is 0 Å². The van der Waals surface area contributed by atoms with Crippen molar-refractivity contribution in [2.24, 2.45) is 5.92 Å². The third-order valence-corrected chi connectivity index (χ3v) is 5.51. The second kappa shape index (κ2) is 6.79. The van der Waals surface area contributed by atoms with Crippen LogP contribution < -0.4 is 0 Å². The molecule has 0 radical (unpaired) electrons. The van der Waals surface area contributed by atoms with Gasteiger partial charge in [0.25, 0.3) is 0 Å². The Balaban J connectivity index is 1.65. The number of carbonyl (C=O) groups is 2. The number of rotatable bonds is 5. The first kappa shape index (κ1) is 15.5. The van der Waals surface area contributed by atoms with E-state index in [9.17, 15) is 9.59 Å². The van der Waals surface area contributed by atoms with Gasteiger partial charge < -0.3 is 14.5 Å². The molecule has 6 heteroatoms. The fourth-order valence-electron chi connectivity index (χ4n) is 3.40. The highest BCUT2D eigenvalue weighted by molar-refractivity contribution is 7.10. The molecule has 22 heavy (non-hydrogen) atoms. The fraction of sp³-hybridized carbons (Fsp3) is 0.625. The summed E-state index contributed by atoms with van der Waals surface area (Å²) in [6, 6.07) is 4.34. The number of methoxy groups -OCH3 is 1. The third kappa shape index (κ3) is 3.03. The van der Waals surface area contributed by atoms with Gasteiger partial charge in [-0.15, -0.1) is 11.3 Å². The SMILES string of the molecule is COCCN1C[C@H](C(=O)N2CCC[C@@H]2c2cccs2)CC1=O. The lowest BCUT2D eigenvalue weighted by Crippen LogP contribution is -2.37. The van der Waals surface area contributed by atoms with Crippen molar-refractivity contribution in [2.45, 2.75) is 25.3 Å². The Morgan fingerprint density at radius 1 is 1.50 bits per heavy atom. The van der Waals surface area contributed by atoms with Crippen LogP contribution >= 0.6 is 11.3 Å². The summed E-state index contributed by atoms with van der Waals surface area (Å²) in [6.45, 7) is 2.44. The first-order valence-corrected chi connectivity index (χ1v) is 8.69. The van der Waals surface area contributed by atoms with Crippen molar-refractivity contribution < 1.29 is 14.3 Å². The molecule has 3 rings (SSSR count). The highest BCUT2D eigenvalue weighted by Gasteiger charge is 2.40. The Bertz CT molecular complexity index is 532. The number of nitrogens with zero attached hydrogens (tertiary/aromatic N) is 2. The summed E-state index contributed by atoms with van der Waals surface area (Å²) in [5.41, 5.74) is 0. The molecule has 0 aromatic carbocycles. The van der Waals surface area contributed by atoms with Crippen LogP contribution in [0.3, 0.4) is 0 Å². The van der Waals surface area contributed by atoms with Gasteiger partial charge >= 0.3 is 0 Å². The normalized spacial score (nSPS) is 25.2. The number of hydrogen-bond acceptors (Lipinski definition) is 4. The summed E-state index contributed by atoms with van der Waals surface area (Å²) in [4.78, 5) is 29.9. The first-order valence-electron chi connectivity index (χ1n) is 7.81. The van der Waals surface area contributed by atoms with Crippen molar-refractivity contribution in [3.63, 3.8) is 0 Å². The van der Waals surface area contributed by atoms with E-state index in [4.69, 9.17) is 4.74 Å². The monoisotopic (exact) mass is 322 g/mol. The van der Waals surface area contributed by atoms with E-state index in [-0.39, 0.29) is 23.8 Å². The van der Waals surface area contributed by atoms with Crippen molar-refractivity contribution in [1.82, 2.24) is 9.80 Å². The fourth-order valence-corrected chi connectivity index (χ4v) is 4.27. The maximum Gasteiger partial charge on any atom is 0.228 e. The minimum Gasteiger partial charge on any atom is -0.383 e. The molecule has 2 atom stereocenters. The highest BCUT2D eigenvalue weighted by Crippen LogP contribution is 2.36. The number of ether oxygens (including phenoxy) is 1. The van der Waals surface area contributed by atoms with Crippen molar-refractivity contribution in [1.29, 1.82) is 0 Å². The number of hydrogen-bond donors (Lipinski definition) is 0. The zero-order chi connectivity index (χ0) is 15.5. The van der Waals surface area contributed by atoms with Crippen molar-refractivity contribution in [3.05, 3.63) is 22.4 Å². The van der Waals surface area contributed by atoms with Gasteiger partial charge in [0.1, 0.15) is 0 Å². The molecule has 3 heterocycles. The van der Waals surface area contributed by atoms with E-state index >= 15 is 0 Å². The summed E-state index contributed by atoms with van der Waals surface area (Å²) in [6.07, 6.45) is 2.42. The van der Waals surface area contributed by atoms with Gasteiger partial charge in [0.2, 0.25) is 11.8 Å². The van der Waals surface area contributed by atoms with E-state index in [1.807, 2.05) is 11.0 Å². The molecule has 120 valence electrons. The van der Waals surface area contributed by atoms with Crippen LogP contribution in [0.5, 0.6) is 0 Å². The lowest BCUT2D eigenvalue weighted by atomic mass is 10.1. The molecule has 0 bridgehead atoms. The molecular formula is C16H22N2O3S. The van der Waals surface area contributed by atoms with Crippen LogP contribution in [0, 0.1) is 5.92 Å². The van der Waals surface area contributed by atoms with Crippen LogP contribution in [0.1, 0.15) is 30.2 Å². The second-order valence-electron chi connectivity index (χ2n) is 5.94. The molecule has 0 N–H and O–H groups in total. The largest absolute Gasteiger partial charge is 0.383 e. The minimum atomic E-state index is -0.190. The van der Waals surface area contributed by atoms with E-state index < -0.39 is 0 Å². The quantitative estimate of drug-likeness (QED) is 0.832. The molecule has 0 unspecified atom stereocenters. The van der Waals surface area contributed by atoms with Gasteiger partial charge in [-0.2, -0.15) is 0 Å². The van der Waals surface area contributed by atoms with E-state index in [2.05, 4.69) is 11.4 Å². The second-order valence-corrected chi connectivity index (χ2v) is 6.92. The maximum atomic E-state index is 12.8. The number of thiophene rings is 1. The number of amides is 2. The average molecular weight is 322 g/mol. The molecule has 5 nitrogen and oxygen atoms in total. The highest BCUT2D eigenvalue weighted by atomic mass is 32.1. The predicted molar refractivity (Wildman–Crippen MR) is 84.6 cm³/mol. The zero-order valence-corrected chi connectivity index (χ0v) is 13.7. The van der Waals surface area contributed by atoms with Crippen molar-refractivity contribution in [2.75, 3.05) is 33.4 Å². The standard InChI is InChI=1S/C16H22N2O3S/c1-21-8-7-17-11-12(10-15(17)19)16(20)18-6-2-4-13(18)14-5-3-9-22-14/h3,5,9,12-13H,2,4,6-8,10-11H2,1H3/t12-,13-/m1/s1. The molecule has 2 aliphatic heterocycles. The van der Waals surface area contributed by atoms with Crippen LogP contribution in [0.2, 0.25) is 0 Å². The summed E-state index contributed by atoms with van der Waals surface area (Å²) in [5.74, 6) is 0.0244. The van der Waals surface area contributed by atoms with Crippen LogP contribution in [-0.4, -0.2) is 55.0 Å². The molecular weight excluding hydrogens is 300 g/mol. The molecule has 0 aliphatic carbocycles. The summed E-state index contributed by atoms with van der Waals surface area (Å²) >= 11 is 1.71. The van der Waals surface area contributed by atoms with Gasteiger partial charge in [0.05, 0.1) is 18.6 Å². The number of likely N-dealkylation sites (tertiary alicyclic amines) is 2. The maximum absolute atomic E-state index is 12.8. The molecule has 1 aromatic heterocycles. The van der Waals surface area contributed by atoms with Gasteiger partial charge in [0.15, 0.2) is 0 Å². The zero-order valence-electron chi connectivity index (χ0n) is 12.9. The Morgan fingerprint density at radius 2 is 2.36 bits per heavy atom. The summed E-state index contributed by atoms with van der Waals surface area (Å²) < 4.78 is 5.03. The lowest BCUT2D eigenvalue weighted by Gasteiger charge is -2.26. The minimum absolute atomic E-state index is 0.0715. The average Bonchev–Trinajstić information content (AvgIpc) is 3.24. The molecule has 0 saturated carbocycles. The van der Waals surface area contributed by atoms with E-state index in [0.717, 1.165) is 19.4 Å². The lowest BCUT2D eigenvalue weighted by molar-refractivity contribution is -0.136. The van der Waals surface area contributed by atoms with Gasteiger partial charge in [-0.05, 0) is 24.3 Å². The summed E-state index contributed by atoms with van der Waals surface area (Å²) in [7, 11) is 1.62. The topological polar surface area (TPSA) is 49.9 Å². The Morgan fingerprint density at radius 3 is 3.09 bits per heavy atom. The van der Waals surface area contributed by atoms with E-state index in [1.165, 1.54) is 4.88 Å². The third-order valence-electron chi connectivity index (χ3n) is 4.54. The molecule has 1 aromatic rings. The van der Waals surface area contributed by atoms with Crippen molar-refractivity contribution in [3.8, 4) is 0 Å². The van der Waals surface area contributed by atoms with Crippen LogP contribution in [0.25, 0.3) is 0 Å². The van der Waals surface area contributed by atoms with E-state index in [1.54, 1.807) is 23.3 Å². The molecule has 2 aliphatic rings. The van der Waals surface area contributed by atoms with Crippen molar-refractivity contribution >= 4 is 23.2 Å². The molecule has 2 saturated heterocycles. The number of carbonyl (C=O) groups excluding carboxylic acids is 2. The van der Waals surface area contributed by atoms with Crippen LogP contribution in [0.15, 0.2) is 17.5 Å². The van der Waals surface area contributed by atoms with Crippen LogP contribution in [0.4, 0.5) is 0 Å². The first-order chi connectivity index (χ1) is 10.7. The summed E-state index contributed by atoms with van der Waals surface area (Å²) in [5, 5.41) is 2.06. The Hall–Kier alpha value is -1.40. The Kier molecular flexibility index (Phi) is 4.78. The van der Waals surface area contributed by atoms with Crippen LogP contribution in [-0.2, 0) is 14.3 Å².